The molecule has 0 aromatic carbocycles. The number of aliphatic hydroxyl groups excluding tert-OH is 1. The van der Waals surface area contributed by atoms with Crippen LogP contribution < -0.4 is 5.32 Å². The molecule has 4 heterocycles. The topological polar surface area (TPSA) is 106 Å². The molecule has 8 rings (SSSR count). The van der Waals surface area contributed by atoms with Crippen molar-refractivity contribution >= 4 is 17.7 Å². The van der Waals surface area contributed by atoms with Gasteiger partial charge >= 0.3 is 0 Å². The predicted molar refractivity (Wildman–Crippen MR) is 219 cm³/mol. The Labute approximate surface area is 337 Å². The quantitative estimate of drug-likeness (QED) is 0.190. The Kier molecular flexibility index (Phi) is 13.9. The van der Waals surface area contributed by atoms with E-state index in [0.29, 0.717) is 43.4 Å². The lowest BCUT2D eigenvalue weighted by Gasteiger charge is -2.43. The second-order valence-corrected chi connectivity index (χ2v) is 19.6. The molecule has 0 radical (unpaired) electrons. The van der Waals surface area contributed by atoms with Crippen molar-refractivity contribution in [1.82, 2.24) is 24.9 Å². The zero-order chi connectivity index (χ0) is 38.6. The van der Waals surface area contributed by atoms with Crippen LogP contribution in [0.2, 0.25) is 0 Å². The highest BCUT2D eigenvalue weighted by molar-refractivity contribution is 6.02. The zero-order valence-electron chi connectivity index (χ0n) is 34.9. The van der Waals surface area contributed by atoms with E-state index in [1.807, 2.05) is 11.1 Å². The summed E-state index contributed by atoms with van der Waals surface area (Å²) in [7, 11) is 0. The van der Waals surface area contributed by atoms with E-state index in [1.54, 1.807) is 4.90 Å². The second kappa shape index (κ2) is 19.0. The fraction of sp³-hybridized carbons (Fsp3) is 0.891. The first kappa shape index (κ1) is 40.9. The van der Waals surface area contributed by atoms with Crippen molar-refractivity contribution in [3.8, 4) is 0 Å². The molecule has 10 heteroatoms. The van der Waals surface area contributed by atoms with Gasteiger partial charge in [-0.2, -0.15) is 0 Å². The van der Waals surface area contributed by atoms with Crippen LogP contribution in [0.5, 0.6) is 0 Å². The second-order valence-electron chi connectivity index (χ2n) is 19.6. The number of allylic oxidation sites excluding steroid dienone is 2. The van der Waals surface area contributed by atoms with Gasteiger partial charge in [0.05, 0.1) is 18.8 Å². The Morgan fingerprint density at radius 2 is 1.48 bits per heavy atom. The molecular formula is C46H75N5O5. The molecule has 10 nitrogen and oxygen atoms in total. The van der Waals surface area contributed by atoms with Gasteiger partial charge in [-0.05, 0) is 139 Å². The summed E-state index contributed by atoms with van der Waals surface area (Å²) < 4.78 is 6.61. The third-order valence-electron chi connectivity index (χ3n) is 16.2. The van der Waals surface area contributed by atoms with Crippen LogP contribution in [-0.4, -0.2) is 132 Å². The van der Waals surface area contributed by atoms with Gasteiger partial charge in [0.15, 0.2) is 0 Å². The Morgan fingerprint density at radius 1 is 0.750 bits per heavy atom. The summed E-state index contributed by atoms with van der Waals surface area (Å²) in [5.41, 5.74) is 3.70. The summed E-state index contributed by atoms with van der Waals surface area (Å²) in [6, 6.07) is 0.0625. The van der Waals surface area contributed by atoms with Gasteiger partial charge in [-0.3, -0.25) is 24.6 Å². The number of nitrogens with one attached hydrogen (secondary N) is 1. The van der Waals surface area contributed by atoms with Crippen LogP contribution in [0.4, 0.5) is 0 Å². The zero-order valence-corrected chi connectivity index (χ0v) is 34.9. The fourth-order valence-electron chi connectivity index (χ4n) is 13.2. The van der Waals surface area contributed by atoms with Crippen LogP contribution in [0, 0.1) is 35.5 Å². The lowest BCUT2D eigenvalue weighted by atomic mass is 9.68. The Hall–Kier alpha value is -1.85. The standard InChI is InChI=1S/C46H75N5O5/c1-2-40(33-6-4-3-5-7-33)44(34-8-13-38(52)14-9-34)35-10-15-39(16-11-35)56-27-26-48-21-20-32(29-48)30-49-22-24-50(25-23-49)37-12-17-41-36(28-37)31-51(46(41)55)42-18-19-43(53)47-45(42)54/h32-39,41-42,52H,2-31H2,1H3,(H,47,53,54)/b44-40-. The summed E-state index contributed by atoms with van der Waals surface area (Å²) in [5.74, 6) is 3.01. The Balaban J connectivity index is 0.728. The average Bonchev–Trinajstić information content (AvgIpc) is 3.81. The van der Waals surface area contributed by atoms with Gasteiger partial charge in [-0.25, -0.2) is 0 Å². The molecule has 4 saturated carbocycles. The number of imide groups is 1. The predicted octanol–water partition coefficient (Wildman–Crippen LogP) is 5.77. The van der Waals surface area contributed by atoms with Crippen molar-refractivity contribution in [1.29, 1.82) is 0 Å². The maximum Gasteiger partial charge on any atom is 0.249 e. The highest BCUT2D eigenvalue weighted by atomic mass is 16.5. The number of fused-ring (bicyclic) bond motifs is 1. The van der Waals surface area contributed by atoms with E-state index in [0.717, 1.165) is 89.2 Å². The van der Waals surface area contributed by atoms with Gasteiger partial charge in [-0.1, -0.05) is 37.3 Å². The molecule has 0 aromatic heterocycles. The third kappa shape index (κ3) is 9.61. The fourth-order valence-corrected chi connectivity index (χ4v) is 13.2. The van der Waals surface area contributed by atoms with E-state index in [9.17, 15) is 19.5 Å². The van der Waals surface area contributed by atoms with Crippen molar-refractivity contribution in [3.63, 3.8) is 0 Å². The number of nitrogens with zero attached hydrogens (tertiary/aromatic N) is 4. The minimum atomic E-state index is -0.471. The molecule has 5 unspecified atom stereocenters. The monoisotopic (exact) mass is 778 g/mol. The highest BCUT2D eigenvalue weighted by Crippen LogP contribution is 2.46. The number of amides is 3. The first-order valence-corrected chi connectivity index (χ1v) is 23.7. The molecule has 0 aromatic rings. The maximum absolute atomic E-state index is 13.3. The van der Waals surface area contributed by atoms with E-state index in [1.165, 1.54) is 103 Å². The van der Waals surface area contributed by atoms with Crippen molar-refractivity contribution in [2.24, 2.45) is 35.5 Å². The molecule has 4 aliphatic carbocycles. The smallest absolute Gasteiger partial charge is 0.249 e. The van der Waals surface area contributed by atoms with Crippen LogP contribution in [0.25, 0.3) is 0 Å². The van der Waals surface area contributed by atoms with Crippen LogP contribution >= 0.6 is 0 Å². The normalized spacial score (nSPS) is 37.8. The van der Waals surface area contributed by atoms with Crippen molar-refractivity contribution in [2.45, 2.75) is 160 Å². The van der Waals surface area contributed by atoms with E-state index < -0.39 is 6.04 Å². The van der Waals surface area contributed by atoms with E-state index in [4.69, 9.17) is 4.74 Å². The SMILES string of the molecule is CC/C(=C(\C1CCC(O)CC1)C1CCC(OCCN2CCC(CN3CCN(C4CCC5C(=O)N(C6CCC(=O)NC6=O)CC5C4)CC3)C2)CC1)C1CCCCC1. The number of hydrogen-bond acceptors (Lipinski definition) is 8. The summed E-state index contributed by atoms with van der Waals surface area (Å²) in [4.78, 5) is 47.3. The van der Waals surface area contributed by atoms with Gasteiger partial charge in [0.25, 0.3) is 0 Å². The number of hydrogen-bond donors (Lipinski definition) is 2. The van der Waals surface area contributed by atoms with Crippen LogP contribution in [0.15, 0.2) is 11.1 Å². The van der Waals surface area contributed by atoms with Gasteiger partial charge in [0, 0.05) is 70.7 Å². The molecule has 8 fully saturated rings. The molecule has 4 saturated heterocycles. The van der Waals surface area contributed by atoms with Gasteiger partial charge in [0.1, 0.15) is 6.04 Å². The molecule has 0 spiro atoms. The molecule has 4 aliphatic heterocycles. The molecular weight excluding hydrogens is 703 g/mol. The van der Waals surface area contributed by atoms with Crippen LogP contribution in [0.3, 0.4) is 0 Å². The molecule has 314 valence electrons. The van der Waals surface area contributed by atoms with Gasteiger partial charge in [0.2, 0.25) is 17.7 Å². The Bertz CT molecular complexity index is 1380. The summed E-state index contributed by atoms with van der Waals surface area (Å²) >= 11 is 0. The summed E-state index contributed by atoms with van der Waals surface area (Å²) in [5, 5.41) is 12.8. The summed E-state index contributed by atoms with van der Waals surface area (Å²) in [6.45, 7) is 13.1. The highest BCUT2D eigenvalue weighted by Gasteiger charge is 2.49. The molecule has 3 amide bonds. The third-order valence-corrected chi connectivity index (χ3v) is 16.2. The van der Waals surface area contributed by atoms with Crippen molar-refractivity contribution in [3.05, 3.63) is 11.1 Å². The minimum Gasteiger partial charge on any atom is -0.393 e. The minimum absolute atomic E-state index is 0.0484. The maximum atomic E-state index is 13.3. The molecule has 0 bridgehead atoms. The van der Waals surface area contributed by atoms with Crippen molar-refractivity contribution < 1.29 is 24.2 Å². The van der Waals surface area contributed by atoms with E-state index in [2.05, 4.69) is 26.9 Å². The number of aliphatic hydroxyl groups is 1. The van der Waals surface area contributed by atoms with Crippen LogP contribution in [0.1, 0.15) is 135 Å². The first-order chi connectivity index (χ1) is 27.3. The number of ether oxygens (including phenoxy) is 1. The van der Waals surface area contributed by atoms with Crippen LogP contribution in [-0.2, 0) is 19.1 Å². The molecule has 5 atom stereocenters. The molecule has 8 aliphatic rings. The average molecular weight is 778 g/mol. The summed E-state index contributed by atoms with van der Waals surface area (Å²) in [6.07, 6.45) is 23.1. The lowest BCUT2D eigenvalue weighted by Crippen LogP contribution is -2.53. The Morgan fingerprint density at radius 3 is 2.20 bits per heavy atom. The molecule has 2 N–H and O–H groups in total. The number of likely N-dealkylation sites (tertiary alicyclic amines) is 2. The number of piperidine rings is 1. The van der Waals surface area contributed by atoms with Crippen molar-refractivity contribution in [2.75, 3.05) is 65.5 Å². The largest absolute Gasteiger partial charge is 0.393 e. The van der Waals surface area contributed by atoms with E-state index >= 15 is 0 Å². The van der Waals surface area contributed by atoms with Gasteiger partial charge in [-0.15, -0.1) is 0 Å². The first-order valence-electron chi connectivity index (χ1n) is 23.7. The van der Waals surface area contributed by atoms with Gasteiger partial charge < -0.3 is 24.5 Å². The molecule has 56 heavy (non-hydrogen) atoms. The lowest BCUT2D eigenvalue weighted by molar-refractivity contribution is -0.144. The van der Waals surface area contributed by atoms with E-state index in [-0.39, 0.29) is 29.7 Å². The number of piperazine rings is 1. The number of carbonyl (C=O) groups excluding carboxylic acids is 3. The number of carbonyl (C=O) groups is 3. The number of rotatable bonds is 12.